The van der Waals surface area contributed by atoms with Crippen molar-refractivity contribution in [1.82, 2.24) is 20.1 Å². The van der Waals surface area contributed by atoms with Gasteiger partial charge in [0.25, 0.3) is 0 Å². The zero-order valence-electron chi connectivity index (χ0n) is 23.6. The second-order valence-electron chi connectivity index (χ2n) is 9.98. The van der Waals surface area contributed by atoms with Crippen LogP contribution in [0.15, 0.2) is 5.38 Å². The SMILES string of the molecule is CCCC(=O)OCN(CCC(OC(C)=O)c1nc(C=O)cs1)C(=O)C(NC(=O)C1CCCCN1C)C(C)CC. The first-order valence-electron chi connectivity index (χ1n) is 13.6. The Labute approximate surface area is 234 Å². The summed E-state index contributed by atoms with van der Waals surface area (Å²) in [6.45, 7) is 7.55. The van der Waals surface area contributed by atoms with E-state index in [1.54, 1.807) is 5.38 Å². The lowest BCUT2D eigenvalue weighted by molar-refractivity contribution is -0.156. The van der Waals surface area contributed by atoms with E-state index in [0.717, 1.165) is 25.8 Å². The van der Waals surface area contributed by atoms with Gasteiger partial charge in [-0.15, -0.1) is 11.3 Å². The standard InChI is InChI=1S/C27H42N4O7S/c1-6-10-23(34)37-17-31(14-12-22(38-19(4)33)26-28-20(15-32)16-39-26)27(36)24(18(3)7-2)29-25(35)21-11-8-9-13-30(21)5/h15-16,18,21-22,24H,6-14,17H2,1-5H3,(H,29,35). The van der Waals surface area contributed by atoms with Gasteiger partial charge in [0.1, 0.15) is 16.7 Å². The number of amides is 2. The fourth-order valence-corrected chi connectivity index (χ4v) is 5.23. The molecule has 11 nitrogen and oxygen atoms in total. The summed E-state index contributed by atoms with van der Waals surface area (Å²) in [6, 6.07) is -1.13. The van der Waals surface area contributed by atoms with Gasteiger partial charge in [0.2, 0.25) is 11.8 Å². The molecule has 1 fully saturated rings. The van der Waals surface area contributed by atoms with E-state index in [1.807, 2.05) is 32.7 Å². The maximum absolute atomic E-state index is 13.9. The number of ether oxygens (including phenoxy) is 2. The number of nitrogens with zero attached hydrogens (tertiary/aromatic N) is 3. The molecule has 4 unspecified atom stereocenters. The van der Waals surface area contributed by atoms with E-state index in [-0.39, 0.29) is 55.6 Å². The van der Waals surface area contributed by atoms with Crippen molar-refractivity contribution in [2.24, 2.45) is 5.92 Å². The van der Waals surface area contributed by atoms with E-state index in [9.17, 15) is 24.0 Å². The minimum atomic E-state index is -0.823. The number of aromatic nitrogens is 1. The molecular formula is C27H42N4O7S. The van der Waals surface area contributed by atoms with Gasteiger partial charge < -0.3 is 19.7 Å². The number of carbonyl (C=O) groups is 5. The van der Waals surface area contributed by atoms with Crippen molar-refractivity contribution in [1.29, 1.82) is 0 Å². The molecule has 0 aliphatic carbocycles. The van der Waals surface area contributed by atoms with Gasteiger partial charge in [-0.25, -0.2) is 4.98 Å². The molecule has 2 rings (SSSR count). The lowest BCUT2D eigenvalue weighted by atomic mass is 9.96. The van der Waals surface area contributed by atoms with E-state index >= 15 is 0 Å². The molecule has 12 heteroatoms. The van der Waals surface area contributed by atoms with Crippen LogP contribution in [-0.4, -0.2) is 83.8 Å². The summed E-state index contributed by atoms with van der Waals surface area (Å²) in [4.78, 5) is 69.7. The van der Waals surface area contributed by atoms with Gasteiger partial charge in [0.05, 0.1) is 6.04 Å². The number of carbonyl (C=O) groups excluding carboxylic acids is 5. The first-order valence-corrected chi connectivity index (χ1v) is 14.5. The molecule has 1 saturated heterocycles. The van der Waals surface area contributed by atoms with Crippen LogP contribution in [0.2, 0.25) is 0 Å². The number of rotatable bonds is 15. The summed E-state index contributed by atoms with van der Waals surface area (Å²) in [5.74, 6) is -1.72. The summed E-state index contributed by atoms with van der Waals surface area (Å²) in [5.41, 5.74) is 0.223. The second-order valence-corrected chi connectivity index (χ2v) is 10.9. The van der Waals surface area contributed by atoms with Gasteiger partial charge in [-0.05, 0) is 38.8 Å². The molecule has 1 N–H and O–H groups in total. The minimum absolute atomic E-state index is 0.0678. The number of likely N-dealkylation sites (tertiary alicyclic amines) is 1. The summed E-state index contributed by atoms with van der Waals surface area (Å²) in [6.07, 6.45) is 4.14. The van der Waals surface area contributed by atoms with Crippen molar-refractivity contribution < 1.29 is 33.4 Å². The van der Waals surface area contributed by atoms with Gasteiger partial charge in [-0.1, -0.05) is 33.6 Å². The Morgan fingerprint density at radius 2 is 2.03 bits per heavy atom. The number of nitrogens with one attached hydrogen (secondary N) is 1. The molecule has 218 valence electrons. The van der Waals surface area contributed by atoms with Crippen LogP contribution in [-0.2, 0) is 28.7 Å². The highest BCUT2D eigenvalue weighted by molar-refractivity contribution is 7.09. The fourth-order valence-electron chi connectivity index (χ4n) is 4.41. The van der Waals surface area contributed by atoms with Crippen molar-refractivity contribution in [3.63, 3.8) is 0 Å². The Morgan fingerprint density at radius 3 is 2.62 bits per heavy atom. The third kappa shape index (κ3) is 9.99. The smallest absolute Gasteiger partial charge is 0.307 e. The van der Waals surface area contributed by atoms with Crippen LogP contribution in [0.25, 0.3) is 0 Å². The van der Waals surface area contributed by atoms with Gasteiger partial charge in [0.15, 0.2) is 19.1 Å². The molecule has 0 spiro atoms. The second kappa shape index (κ2) is 16.3. The number of thiazole rings is 1. The van der Waals surface area contributed by atoms with E-state index < -0.39 is 24.1 Å². The van der Waals surface area contributed by atoms with E-state index in [0.29, 0.717) is 24.1 Å². The molecule has 0 saturated carbocycles. The highest BCUT2D eigenvalue weighted by atomic mass is 32.1. The number of hydrogen-bond donors (Lipinski definition) is 1. The van der Waals surface area contributed by atoms with Crippen molar-refractivity contribution in [2.75, 3.05) is 26.9 Å². The summed E-state index contributed by atoms with van der Waals surface area (Å²) in [7, 11) is 1.91. The Morgan fingerprint density at radius 1 is 1.28 bits per heavy atom. The molecular weight excluding hydrogens is 524 g/mol. The topological polar surface area (TPSA) is 135 Å². The maximum atomic E-state index is 13.9. The number of esters is 2. The zero-order valence-corrected chi connectivity index (χ0v) is 24.5. The molecule has 0 aromatic carbocycles. The summed E-state index contributed by atoms with van der Waals surface area (Å²) >= 11 is 1.18. The highest BCUT2D eigenvalue weighted by Crippen LogP contribution is 2.26. The van der Waals surface area contributed by atoms with E-state index in [4.69, 9.17) is 9.47 Å². The predicted molar refractivity (Wildman–Crippen MR) is 146 cm³/mol. The molecule has 2 heterocycles. The average Bonchev–Trinajstić information content (AvgIpc) is 3.39. The van der Waals surface area contributed by atoms with Gasteiger partial charge >= 0.3 is 11.9 Å². The first kappa shape index (κ1) is 32.4. The number of likely N-dealkylation sites (N-methyl/N-ethyl adjacent to an activating group) is 1. The largest absolute Gasteiger partial charge is 0.455 e. The average molecular weight is 567 g/mol. The molecule has 1 aromatic heterocycles. The number of piperidine rings is 1. The van der Waals surface area contributed by atoms with Crippen molar-refractivity contribution in [3.05, 3.63) is 16.1 Å². The third-order valence-electron chi connectivity index (χ3n) is 6.90. The summed E-state index contributed by atoms with van der Waals surface area (Å²) < 4.78 is 10.8. The number of aldehydes is 1. The maximum Gasteiger partial charge on any atom is 0.307 e. The van der Waals surface area contributed by atoms with Crippen LogP contribution in [0, 0.1) is 5.92 Å². The Bertz CT molecular complexity index is 985. The van der Waals surface area contributed by atoms with Gasteiger partial charge in [-0.3, -0.25) is 28.9 Å². The molecule has 2 amide bonds. The molecule has 1 aliphatic rings. The van der Waals surface area contributed by atoms with Crippen LogP contribution in [0.3, 0.4) is 0 Å². The molecule has 0 bridgehead atoms. The summed E-state index contributed by atoms with van der Waals surface area (Å²) in [5, 5.41) is 4.96. The minimum Gasteiger partial charge on any atom is -0.455 e. The van der Waals surface area contributed by atoms with Gasteiger partial charge in [0, 0.05) is 31.7 Å². The van der Waals surface area contributed by atoms with Crippen molar-refractivity contribution in [3.8, 4) is 0 Å². The molecule has 4 atom stereocenters. The van der Waals surface area contributed by atoms with Gasteiger partial charge in [-0.2, -0.15) is 0 Å². The number of hydrogen-bond acceptors (Lipinski definition) is 10. The van der Waals surface area contributed by atoms with E-state index in [1.165, 1.54) is 23.2 Å². The Hall–Kier alpha value is -2.86. The van der Waals surface area contributed by atoms with Crippen LogP contribution in [0.1, 0.15) is 94.2 Å². The zero-order chi connectivity index (χ0) is 28.9. The monoisotopic (exact) mass is 566 g/mol. The fraction of sp³-hybridized carbons (Fsp3) is 0.704. The Balaban J connectivity index is 2.26. The van der Waals surface area contributed by atoms with Crippen LogP contribution >= 0.6 is 11.3 Å². The van der Waals surface area contributed by atoms with Crippen molar-refractivity contribution >= 4 is 41.4 Å². The normalized spacial score (nSPS) is 17.9. The molecule has 39 heavy (non-hydrogen) atoms. The first-order chi connectivity index (χ1) is 18.6. The van der Waals surface area contributed by atoms with Crippen LogP contribution < -0.4 is 5.32 Å². The third-order valence-corrected chi connectivity index (χ3v) is 7.86. The lowest BCUT2D eigenvalue weighted by Crippen LogP contribution is -2.57. The highest BCUT2D eigenvalue weighted by Gasteiger charge is 2.35. The predicted octanol–water partition coefficient (Wildman–Crippen LogP) is 3.09. The molecule has 1 aliphatic heterocycles. The Kier molecular flexibility index (Phi) is 13.5. The van der Waals surface area contributed by atoms with Crippen molar-refractivity contribution in [2.45, 2.75) is 90.8 Å². The lowest BCUT2D eigenvalue weighted by Gasteiger charge is -2.35. The van der Waals surface area contributed by atoms with Crippen LogP contribution in [0.5, 0.6) is 0 Å². The molecule has 0 radical (unpaired) electrons. The van der Waals surface area contributed by atoms with E-state index in [2.05, 4.69) is 10.3 Å². The van der Waals surface area contributed by atoms with Crippen LogP contribution in [0.4, 0.5) is 0 Å². The quantitative estimate of drug-likeness (QED) is 0.193. The molecule has 1 aromatic rings.